The molecule has 0 aliphatic carbocycles. The lowest BCUT2D eigenvalue weighted by Crippen LogP contribution is -2.38. The van der Waals surface area contributed by atoms with Gasteiger partial charge in [-0.05, 0) is 36.1 Å². The Morgan fingerprint density at radius 3 is 2.94 bits per heavy atom. The molecule has 3 rings (SSSR count). The third-order valence-corrected chi connectivity index (χ3v) is 3.46. The molecule has 1 saturated heterocycles. The summed E-state index contributed by atoms with van der Waals surface area (Å²) in [4.78, 5) is 13.8. The Bertz CT molecular complexity index is 444. The highest BCUT2D eigenvalue weighted by Gasteiger charge is 2.19. The zero-order valence-corrected chi connectivity index (χ0v) is 9.83. The Morgan fingerprint density at radius 1 is 1.12 bits per heavy atom. The summed E-state index contributed by atoms with van der Waals surface area (Å²) in [6.45, 7) is 3.47. The van der Waals surface area contributed by atoms with E-state index in [1.807, 2.05) is 4.90 Å². The number of rotatable bonds is 1. The summed E-state index contributed by atoms with van der Waals surface area (Å²) in [5.41, 5.74) is 3.69. The summed E-state index contributed by atoms with van der Waals surface area (Å²) < 4.78 is 0. The number of fused-ring (bicyclic) bond motifs is 1. The first kappa shape index (κ1) is 10.6. The monoisotopic (exact) mass is 231 g/mol. The average molecular weight is 231 g/mol. The molecule has 0 spiro atoms. The van der Waals surface area contributed by atoms with Gasteiger partial charge < -0.3 is 10.6 Å². The summed E-state index contributed by atoms with van der Waals surface area (Å²) >= 11 is 0. The van der Waals surface area contributed by atoms with Gasteiger partial charge in [-0.15, -0.1) is 0 Å². The number of amides is 2. The van der Waals surface area contributed by atoms with Gasteiger partial charge in [-0.2, -0.15) is 0 Å². The highest BCUT2D eigenvalue weighted by molar-refractivity contribution is 5.92. The highest BCUT2D eigenvalue weighted by Crippen LogP contribution is 2.23. The van der Waals surface area contributed by atoms with Crippen LogP contribution in [0.2, 0.25) is 0 Å². The zero-order chi connectivity index (χ0) is 11.7. The third-order valence-electron chi connectivity index (χ3n) is 3.46. The van der Waals surface area contributed by atoms with Crippen molar-refractivity contribution in [3.8, 4) is 0 Å². The van der Waals surface area contributed by atoms with Gasteiger partial charge >= 0.3 is 6.03 Å². The molecule has 2 N–H and O–H groups in total. The first-order valence-corrected chi connectivity index (χ1v) is 6.22. The van der Waals surface area contributed by atoms with Crippen molar-refractivity contribution < 1.29 is 4.79 Å². The van der Waals surface area contributed by atoms with Gasteiger partial charge in [-0.25, -0.2) is 4.79 Å². The Balaban J connectivity index is 1.89. The van der Waals surface area contributed by atoms with Crippen molar-refractivity contribution in [2.75, 3.05) is 18.0 Å². The number of hydrogen-bond donors (Lipinski definition) is 2. The normalized spacial score (nSPS) is 19.8. The maximum Gasteiger partial charge on any atom is 0.321 e. The van der Waals surface area contributed by atoms with Crippen LogP contribution >= 0.6 is 0 Å². The first-order valence-electron chi connectivity index (χ1n) is 6.22. The molecule has 2 aliphatic rings. The number of carbonyl (C=O) groups is 1. The van der Waals surface area contributed by atoms with Gasteiger partial charge in [0.2, 0.25) is 0 Å². The Labute approximate surface area is 101 Å². The molecule has 0 bridgehead atoms. The second kappa shape index (κ2) is 4.37. The zero-order valence-electron chi connectivity index (χ0n) is 9.83. The topological polar surface area (TPSA) is 44.4 Å². The summed E-state index contributed by atoms with van der Waals surface area (Å²) in [5.74, 6) is 0. The molecule has 1 aromatic carbocycles. The molecule has 0 radical (unpaired) electrons. The van der Waals surface area contributed by atoms with E-state index in [1.54, 1.807) is 0 Å². The predicted molar refractivity (Wildman–Crippen MR) is 67.0 cm³/mol. The molecule has 0 atom stereocenters. The lowest BCUT2D eigenvalue weighted by Gasteiger charge is -2.21. The van der Waals surface area contributed by atoms with Crippen LogP contribution in [-0.4, -0.2) is 19.1 Å². The van der Waals surface area contributed by atoms with E-state index in [2.05, 4.69) is 28.8 Å². The molecule has 4 nitrogen and oxygen atoms in total. The van der Waals surface area contributed by atoms with Gasteiger partial charge in [0.1, 0.15) is 0 Å². The molecule has 4 heteroatoms. The molecule has 2 amide bonds. The van der Waals surface area contributed by atoms with Crippen LogP contribution in [0.15, 0.2) is 18.2 Å². The number of nitrogens with one attached hydrogen (secondary N) is 2. The molecule has 1 fully saturated rings. The fraction of sp³-hybridized carbons (Fsp3) is 0.462. The fourth-order valence-electron chi connectivity index (χ4n) is 2.48. The molecule has 0 unspecified atom stereocenters. The standard InChI is InChI=1S/C13H17N3O/c17-13-15-5-1-2-6-16(13)12-4-3-10-8-14-9-11(10)7-12/h3-4,7,14H,1-2,5-6,8-9H2,(H,15,17). The molecule has 17 heavy (non-hydrogen) atoms. The van der Waals surface area contributed by atoms with Crippen LogP contribution in [-0.2, 0) is 13.1 Å². The largest absolute Gasteiger partial charge is 0.338 e. The lowest BCUT2D eigenvalue weighted by molar-refractivity contribution is 0.248. The van der Waals surface area contributed by atoms with Crippen molar-refractivity contribution in [1.29, 1.82) is 0 Å². The molecule has 2 heterocycles. The van der Waals surface area contributed by atoms with E-state index < -0.39 is 0 Å². The van der Waals surface area contributed by atoms with Crippen LogP contribution in [0.25, 0.3) is 0 Å². The van der Waals surface area contributed by atoms with Gasteiger partial charge in [0.05, 0.1) is 0 Å². The maximum absolute atomic E-state index is 11.9. The number of hydrogen-bond acceptors (Lipinski definition) is 2. The number of nitrogens with zero attached hydrogens (tertiary/aromatic N) is 1. The van der Waals surface area contributed by atoms with Crippen LogP contribution < -0.4 is 15.5 Å². The van der Waals surface area contributed by atoms with Crippen molar-refractivity contribution in [3.05, 3.63) is 29.3 Å². The summed E-state index contributed by atoms with van der Waals surface area (Å²) in [6.07, 6.45) is 2.13. The van der Waals surface area contributed by atoms with E-state index in [4.69, 9.17) is 0 Å². The molecule has 1 aromatic rings. The van der Waals surface area contributed by atoms with Gasteiger partial charge in [-0.3, -0.25) is 4.90 Å². The van der Waals surface area contributed by atoms with E-state index in [-0.39, 0.29) is 6.03 Å². The van der Waals surface area contributed by atoms with Crippen molar-refractivity contribution >= 4 is 11.7 Å². The molecular weight excluding hydrogens is 214 g/mol. The van der Waals surface area contributed by atoms with Crippen LogP contribution in [0.1, 0.15) is 24.0 Å². The number of urea groups is 1. The van der Waals surface area contributed by atoms with Crippen LogP contribution in [0.3, 0.4) is 0 Å². The van der Waals surface area contributed by atoms with E-state index >= 15 is 0 Å². The van der Waals surface area contributed by atoms with Crippen LogP contribution in [0.4, 0.5) is 10.5 Å². The van der Waals surface area contributed by atoms with Crippen molar-refractivity contribution in [2.45, 2.75) is 25.9 Å². The SMILES string of the molecule is O=C1NCCCCN1c1ccc2c(c1)CNC2. The van der Waals surface area contributed by atoms with Gasteiger partial charge in [-0.1, -0.05) is 6.07 Å². The van der Waals surface area contributed by atoms with Crippen molar-refractivity contribution in [2.24, 2.45) is 0 Å². The van der Waals surface area contributed by atoms with E-state index in [0.29, 0.717) is 0 Å². The minimum Gasteiger partial charge on any atom is -0.338 e. The number of benzene rings is 1. The molecule has 90 valence electrons. The molecule has 2 aliphatic heterocycles. The third kappa shape index (κ3) is 2.00. The minimum absolute atomic E-state index is 0.0356. The molecule has 0 aromatic heterocycles. The smallest absolute Gasteiger partial charge is 0.321 e. The summed E-state index contributed by atoms with van der Waals surface area (Å²) in [5, 5.41) is 6.25. The number of anilines is 1. The summed E-state index contributed by atoms with van der Waals surface area (Å²) in [7, 11) is 0. The average Bonchev–Trinajstić information content (AvgIpc) is 2.70. The molecular formula is C13H17N3O. The van der Waals surface area contributed by atoms with Crippen LogP contribution in [0.5, 0.6) is 0 Å². The van der Waals surface area contributed by atoms with Gasteiger partial charge in [0.15, 0.2) is 0 Å². The number of carbonyl (C=O) groups excluding carboxylic acids is 1. The predicted octanol–water partition coefficient (Wildman–Crippen LogP) is 1.60. The lowest BCUT2D eigenvalue weighted by atomic mass is 10.1. The van der Waals surface area contributed by atoms with E-state index in [1.165, 1.54) is 11.1 Å². The Hall–Kier alpha value is -1.55. The van der Waals surface area contributed by atoms with Crippen LogP contribution in [0, 0.1) is 0 Å². The maximum atomic E-state index is 11.9. The molecule has 0 saturated carbocycles. The first-order chi connectivity index (χ1) is 8.34. The fourth-order valence-corrected chi connectivity index (χ4v) is 2.48. The quantitative estimate of drug-likeness (QED) is 0.771. The Kier molecular flexibility index (Phi) is 2.73. The second-order valence-electron chi connectivity index (χ2n) is 4.65. The van der Waals surface area contributed by atoms with E-state index in [9.17, 15) is 4.79 Å². The van der Waals surface area contributed by atoms with E-state index in [0.717, 1.165) is 44.7 Å². The summed E-state index contributed by atoms with van der Waals surface area (Å²) in [6, 6.07) is 6.35. The highest BCUT2D eigenvalue weighted by atomic mass is 16.2. The Morgan fingerprint density at radius 2 is 2.00 bits per heavy atom. The van der Waals surface area contributed by atoms with Gasteiger partial charge in [0, 0.05) is 31.9 Å². The van der Waals surface area contributed by atoms with Gasteiger partial charge in [0.25, 0.3) is 0 Å². The van der Waals surface area contributed by atoms with Crippen molar-refractivity contribution in [3.63, 3.8) is 0 Å². The van der Waals surface area contributed by atoms with Crippen molar-refractivity contribution in [1.82, 2.24) is 10.6 Å². The minimum atomic E-state index is 0.0356. The second-order valence-corrected chi connectivity index (χ2v) is 4.65.